The zero-order valence-electron chi connectivity index (χ0n) is 21.0. The second kappa shape index (κ2) is 9.93. The average molecular weight is 507 g/mol. The highest BCUT2D eigenvalue weighted by Crippen LogP contribution is 2.39. The second-order valence-corrected chi connectivity index (χ2v) is 9.99. The number of amides is 1. The molecule has 0 aliphatic heterocycles. The van der Waals surface area contributed by atoms with Crippen molar-refractivity contribution in [2.45, 2.75) is 44.4 Å². The third kappa shape index (κ3) is 4.30. The third-order valence-electron chi connectivity index (χ3n) is 7.58. The first kappa shape index (κ1) is 24.2. The fraction of sp³-hybridized carbons (Fsp3) is 0.226. The molecule has 192 valence electrons. The van der Waals surface area contributed by atoms with Gasteiger partial charge in [-0.15, -0.1) is 0 Å². The van der Waals surface area contributed by atoms with E-state index in [4.69, 9.17) is 5.73 Å². The molecule has 38 heavy (non-hydrogen) atoms. The number of benzene rings is 3. The summed E-state index contributed by atoms with van der Waals surface area (Å²) in [6.45, 7) is -0.0944. The molecule has 2 heterocycles. The Morgan fingerprint density at radius 2 is 1.76 bits per heavy atom. The maximum Gasteiger partial charge on any atom is 0.250 e. The van der Waals surface area contributed by atoms with Crippen LogP contribution in [0, 0.1) is 0 Å². The number of nitrogens with one attached hydrogen (secondary N) is 1. The molecular weight excluding hydrogens is 476 g/mol. The van der Waals surface area contributed by atoms with Crippen molar-refractivity contribution in [1.29, 1.82) is 0 Å². The number of carbonyl (C=O) groups is 1. The maximum absolute atomic E-state index is 12.3. The van der Waals surface area contributed by atoms with Crippen LogP contribution in [0.5, 0.6) is 0 Å². The molecule has 1 aliphatic carbocycles. The Morgan fingerprint density at radius 3 is 2.50 bits per heavy atom. The van der Waals surface area contributed by atoms with E-state index in [1.54, 1.807) is 12.3 Å². The van der Waals surface area contributed by atoms with Gasteiger partial charge in [-0.2, -0.15) is 0 Å². The molecule has 1 fully saturated rings. The molecule has 1 amide bonds. The fourth-order valence-corrected chi connectivity index (χ4v) is 5.66. The Kier molecular flexibility index (Phi) is 6.31. The molecule has 5 aromatic rings. The van der Waals surface area contributed by atoms with E-state index >= 15 is 0 Å². The number of anilines is 1. The van der Waals surface area contributed by atoms with Crippen molar-refractivity contribution in [2.75, 3.05) is 5.32 Å². The molecule has 1 saturated carbocycles. The van der Waals surface area contributed by atoms with Gasteiger partial charge in [0.15, 0.2) is 0 Å². The molecule has 0 unspecified atom stereocenters. The summed E-state index contributed by atoms with van der Waals surface area (Å²) >= 11 is 0. The van der Waals surface area contributed by atoms with E-state index in [0.717, 1.165) is 64.3 Å². The fourth-order valence-electron chi connectivity index (χ4n) is 5.66. The Labute approximate surface area is 220 Å². The normalized spacial score (nSPS) is 17.6. The van der Waals surface area contributed by atoms with Crippen LogP contribution in [0.15, 0.2) is 79.0 Å². The number of nitrogens with zero attached hydrogens (tertiary/aromatic N) is 2. The SMILES string of the molecule is NC(=O)c1ccc(-n2c3ccccc3c3c(-c4ccc(CO)nc4)cccc32)cc1N[C@H]1CC[C@H](O)CC1. The first-order valence-corrected chi connectivity index (χ1v) is 13.0. The van der Waals surface area contributed by atoms with Crippen molar-refractivity contribution in [3.05, 3.63) is 90.3 Å². The number of rotatable bonds is 6. The molecule has 7 nitrogen and oxygen atoms in total. The number of aliphatic hydroxyl groups excluding tert-OH is 2. The molecule has 0 atom stereocenters. The average Bonchev–Trinajstić information content (AvgIpc) is 3.29. The lowest BCUT2D eigenvalue weighted by atomic mass is 9.92. The van der Waals surface area contributed by atoms with Gasteiger partial charge in [-0.1, -0.05) is 36.4 Å². The topological polar surface area (TPSA) is 113 Å². The van der Waals surface area contributed by atoms with Crippen LogP contribution in [-0.4, -0.2) is 37.8 Å². The Morgan fingerprint density at radius 1 is 0.974 bits per heavy atom. The highest BCUT2D eigenvalue weighted by molar-refractivity contribution is 6.15. The second-order valence-electron chi connectivity index (χ2n) is 9.99. The molecule has 7 heteroatoms. The van der Waals surface area contributed by atoms with Crippen molar-refractivity contribution < 1.29 is 15.0 Å². The van der Waals surface area contributed by atoms with Crippen LogP contribution >= 0.6 is 0 Å². The van der Waals surface area contributed by atoms with Crippen LogP contribution in [0.25, 0.3) is 38.6 Å². The molecule has 6 rings (SSSR count). The van der Waals surface area contributed by atoms with E-state index in [9.17, 15) is 15.0 Å². The molecule has 2 aromatic heterocycles. The van der Waals surface area contributed by atoms with E-state index in [-0.39, 0.29) is 18.8 Å². The monoisotopic (exact) mass is 506 g/mol. The highest BCUT2D eigenvalue weighted by Gasteiger charge is 2.22. The van der Waals surface area contributed by atoms with Gasteiger partial charge in [-0.3, -0.25) is 9.78 Å². The lowest BCUT2D eigenvalue weighted by Gasteiger charge is -2.28. The molecule has 5 N–H and O–H groups in total. The molecule has 1 aliphatic rings. The van der Waals surface area contributed by atoms with Crippen LogP contribution in [0.3, 0.4) is 0 Å². The molecule has 0 bridgehead atoms. The lowest BCUT2D eigenvalue weighted by molar-refractivity contribution is 0.100. The summed E-state index contributed by atoms with van der Waals surface area (Å²) in [7, 11) is 0. The summed E-state index contributed by atoms with van der Waals surface area (Å²) in [5, 5.41) is 25.1. The standard InChI is InChI=1S/C31H30N4O3/c32-31(38)25-15-12-22(16-27(25)34-20-10-13-23(37)14-11-20)35-28-6-2-1-4-26(28)30-24(5-3-7-29(30)35)19-8-9-21(18-36)33-17-19/h1-9,12,15-17,20,23,34,36-37H,10-11,13-14,18H2,(H2,32,38)/t20-,23-. The predicted octanol–water partition coefficient (Wildman–Crippen LogP) is 5.15. The lowest BCUT2D eigenvalue weighted by Crippen LogP contribution is -2.29. The van der Waals surface area contributed by atoms with Gasteiger partial charge in [-0.05, 0) is 67.6 Å². The highest BCUT2D eigenvalue weighted by atomic mass is 16.3. The van der Waals surface area contributed by atoms with Crippen LogP contribution in [0.2, 0.25) is 0 Å². The van der Waals surface area contributed by atoms with Crippen molar-refractivity contribution >= 4 is 33.4 Å². The third-order valence-corrected chi connectivity index (χ3v) is 7.58. The number of hydrogen-bond acceptors (Lipinski definition) is 5. The Balaban J connectivity index is 1.52. The zero-order valence-corrected chi connectivity index (χ0v) is 21.0. The molecule has 3 aromatic carbocycles. The summed E-state index contributed by atoms with van der Waals surface area (Å²) < 4.78 is 2.21. The minimum atomic E-state index is -0.474. The molecule has 0 radical (unpaired) electrons. The van der Waals surface area contributed by atoms with Crippen LogP contribution in [-0.2, 0) is 6.61 Å². The van der Waals surface area contributed by atoms with Crippen molar-refractivity contribution in [1.82, 2.24) is 9.55 Å². The summed E-state index contributed by atoms with van der Waals surface area (Å²) in [6.07, 6.45) is 4.71. The van der Waals surface area contributed by atoms with E-state index in [2.05, 4.69) is 39.1 Å². The summed E-state index contributed by atoms with van der Waals surface area (Å²) in [5.41, 5.74) is 12.6. The molecular formula is C31H30N4O3. The predicted molar refractivity (Wildman–Crippen MR) is 150 cm³/mol. The van der Waals surface area contributed by atoms with Gasteiger partial charge in [0.1, 0.15) is 0 Å². The Hall–Kier alpha value is -4.20. The first-order chi connectivity index (χ1) is 18.5. The maximum atomic E-state index is 12.3. The smallest absolute Gasteiger partial charge is 0.250 e. The minimum absolute atomic E-state index is 0.0944. The zero-order chi connectivity index (χ0) is 26.2. The van der Waals surface area contributed by atoms with E-state index in [1.165, 1.54) is 0 Å². The number of hydrogen-bond donors (Lipinski definition) is 4. The van der Waals surface area contributed by atoms with Crippen molar-refractivity contribution in [3.63, 3.8) is 0 Å². The largest absolute Gasteiger partial charge is 0.393 e. The van der Waals surface area contributed by atoms with Crippen LogP contribution in [0.1, 0.15) is 41.7 Å². The number of aliphatic hydroxyl groups is 2. The van der Waals surface area contributed by atoms with Gasteiger partial charge < -0.3 is 25.8 Å². The molecule has 0 saturated heterocycles. The van der Waals surface area contributed by atoms with Crippen molar-refractivity contribution in [2.24, 2.45) is 5.73 Å². The number of nitrogens with two attached hydrogens (primary N) is 1. The van der Waals surface area contributed by atoms with Gasteiger partial charge in [-0.25, -0.2) is 0 Å². The van der Waals surface area contributed by atoms with E-state index in [1.807, 2.05) is 42.5 Å². The summed E-state index contributed by atoms with van der Waals surface area (Å²) in [4.78, 5) is 16.7. The van der Waals surface area contributed by atoms with E-state index in [0.29, 0.717) is 16.9 Å². The van der Waals surface area contributed by atoms with Crippen LogP contribution < -0.4 is 11.1 Å². The number of fused-ring (bicyclic) bond motifs is 3. The molecule has 0 spiro atoms. The first-order valence-electron chi connectivity index (χ1n) is 13.0. The number of carbonyl (C=O) groups excluding carboxylic acids is 1. The number of pyridine rings is 1. The number of primary amides is 1. The number of aromatic nitrogens is 2. The quantitative estimate of drug-likeness (QED) is 0.254. The summed E-state index contributed by atoms with van der Waals surface area (Å²) in [5.74, 6) is -0.474. The number of para-hydroxylation sites is 1. The van der Waals surface area contributed by atoms with Crippen LogP contribution in [0.4, 0.5) is 5.69 Å². The van der Waals surface area contributed by atoms with Crippen molar-refractivity contribution in [3.8, 4) is 16.8 Å². The van der Waals surface area contributed by atoms with Gasteiger partial charge >= 0.3 is 0 Å². The minimum Gasteiger partial charge on any atom is -0.393 e. The van der Waals surface area contributed by atoms with Gasteiger partial charge in [0, 0.05) is 39.9 Å². The van der Waals surface area contributed by atoms with Gasteiger partial charge in [0.2, 0.25) is 0 Å². The Bertz CT molecular complexity index is 1630. The van der Waals surface area contributed by atoms with Gasteiger partial charge in [0.25, 0.3) is 5.91 Å². The van der Waals surface area contributed by atoms with Gasteiger partial charge in [0.05, 0.1) is 35.0 Å². The van der Waals surface area contributed by atoms with E-state index < -0.39 is 5.91 Å². The summed E-state index contributed by atoms with van der Waals surface area (Å²) in [6, 6.07) is 24.3.